The molecule has 1 saturated heterocycles. The molecule has 1 spiro atoms. The van der Waals surface area contributed by atoms with E-state index in [-0.39, 0.29) is 35.1 Å². The van der Waals surface area contributed by atoms with Crippen molar-refractivity contribution in [2.24, 2.45) is 34.5 Å². The molecule has 0 aromatic heterocycles. The lowest BCUT2D eigenvalue weighted by molar-refractivity contribution is -0.184. The highest BCUT2D eigenvalue weighted by atomic mass is 16.6. The van der Waals surface area contributed by atoms with Crippen LogP contribution in [0.15, 0.2) is 23.3 Å². The highest BCUT2D eigenvalue weighted by molar-refractivity contribution is 5.98. The van der Waals surface area contributed by atoms with Gasteiger partial charge in [0.1, 0.15) is 23.4 Å². The fraction of sp³-hybridized carbons (Fsp3) is 0.786. The molecule has 4 aliphatic carbocycles. The first-order valence-electron chi connectivity index (χ1n) is 13.1. The SMILES string of the molecule is CC1=C(C)C(=O)O[C@H]([C@](C)(O)[C@H]2CC[C@H]3[C@@H]4C[C@H]5O[C@]56[C@@H](O)C=CC(=O)[C@]6(C)[C@H]4CC[C@]23C)C1. The van der Waals surface area contributed by atoms with Gasteiger partial charge in [-0.15, -0.1) is 0 Å². The number of fused-ring (bicyclic) bond motifs is 4. The molecule has 0 aromatic rings. The van der Waals surface area contributed by atoms with E-state index in [1.165, 1.54) is 0 Å². The number of cyclic esters (lactones) is 1. The lowest BCUT2D eigenvalue weighted by Gasteiger charge is -2.59. The molecule has 0 aromatic carbocycles. The summed E-state index contributed by atoms with van der Waals surface area (Å²) >= 11 is 0. The number of epoxide rings is 1. The minimum Gasteiger partial charge on any atom is -0.456 e. The summed E-state index contributed by atoms with van der Waals surface area (Å²) in [4.78, 5) is 25.7. The Balaban J connectivity index is 1.31. The van der Waals surface area contributed by atoms with E-state index in [1.807, 2.05) is 20.8 Å². The Kier molecular flexibility index (Phi) is 4.61. The van der Waals surface area contributed by atoms with Crippen molar-refractivity contribution >= 4 is 11.8 Å². The molecule has 3 saturated carbocycles. The summed E-state index contributed by atoms with van der Waals surface area (Å²) < 4.78 is 12.0. The molecule has 11 atom stereocenters. The van der Waals surface area contributed by atoms with Gasteiger partial charge in [-0.25, -0.2) is 4.79 Å². The lowest BCUT2D eigenvalue weighted by atomic mass is 9.44. The average molecular weight is 471 g/mol. The van der Waals surface area contributed by atoms with Crippen molar-refractivity contribution < 1.29 is 29.3 Å². The van der Waals surface area contributed by atoms with Crippen LogP contribution in [0.5, 0.6) is 0 Å². The zero-order chi connectivity index (χ0) is 24.4. The minimum atomic E-state index is -1.12. The number of carbonyl (C=O) groups excluding carboxylic acids is 2. The Morgan fingerprint density at radius 3 is 2.56 bits per heavy atom. The Labute approximate surface area is 201 Å². The molecule has 34 heavy (non-hydrogen) atoms. The molecule has 186 valence electrons. The smallest absolute Gasteiger partial charge is 0.334 e. The molecular weight excluding hydrogens is 432 g/mol. The quantitative estimate of drug-likeness (QED) is 0.474. The highest BCUT2D eigenvalue weighted by Gasteiger charge is 2.80. The third-order valence-corrected chi connectivity index (χ3v) is 11.7. The predicted molar refractivity (Wildman–Crippen MR) is 125 cm³/mol. The summed E-state index contributed by atoms with van der Waals surface area (Å²) in [5.74, 6) is 0.651. The maximum Gasteiger partial charge on any atom is 0.334 e. The first kappa shape index (κ1) is 22.9. The predicted octanol–water partition coefficient (Wildman–Crippen LogP) is 3.50. The van der Waals surface area contributed by atoms with Gasteiger partial charge < -0.3 is 19.7 Å². The van der Waals surface area contributed by atoms with E-state index < -0.39 is 28.8 Å². The first-order chi connectivity index (χ1) is 15.9. The Hall–Kier alpha value is -1.50. The fourth-order valence-electron chi connectivity index (χ4n) is 9.56. The fourth-order valence-corrected chi connectivity index (χ4v) is 9.56. The molecule has 0 amide bonds. The molecule has 2 N–H and O–H groups in total. The number of hydrogen-bond donors (Lipinski definition) is 2. The van der Waals surface area contributed by atoms with Crippen LogP contribution < -0.4 is 0 Å². The number of esters is 1. The number of allylic oxidation sites excluding steroid dienone is 1. The molecule has 0 radical (unpaired) electrons. The zero-order valence-corrected chi connectivity index (χ0v) is 21.0. The zero-order valence-electron chi connectivity index (χ0n) is 21.0. The van der Waals surface area contributed by atoms with E-state index in [9.17, 15) is 19.8 Å². The van der Waals surface area contributed by atoms with Gasteiger partial charge in [0.25, 0.3) is 0 Å². The van der Waals surface area contributed by atoms with Gasteiger partial charge in [0.15, 0.2) is 5.78 Å². The Bertz CT molecular complexity index is 1030. The van der Waals surface area contributed by atoms with E-state index in [4.69, 9.17) is 9.47 Å². The maximum atomic E-state index is 13.3. The molecule has 6 heteroatoms. The number of aliphatic hydroxyl groups is 2. The number of ether oxygens (including phenoxy) is 2. The number of aliphatic hydroxyl groups excluding tert-OH is 1. The highest BCUT2D eigenvalue weighted by Crippen LogP contribution is 2.73. The second kappa shape index (κ2) is 6.83. The topological polar surface area (TPSA) is 96.4 Å². The van der Waals surface area contributed by atoms with Gasteiger partial charge in [0.05, 0.1) is 11.5 Å². The van der Waals surface area contributed by atoms with Gasteiger partial charge >= 0.3 is 5.97 Å². The maximum absolute atomic E-state index is 13.3. The van der Waals surface area contributed by atoms with Crippen LogP contribution in [0.2, 0.25) is 0 Å². The number of carbonyl (C=O) groups is 2. The van der Waals surface area contributed by atoms with Crippen molar-refractivity contribution in [3.63, 3.8) is 0 Å². The van der Waals surface area contributed by atoms with E-state index in [1.54, 1.807) is 19.1 Å². The number of ketones is 1. The van der Waals surface area contributed by atoms with Gasteiger partial charge in [0, 0.05) is 12.0 Å². The molecule has 6 aliphatic rings. The standard InChI is InChI=1S/C28H38O6/c1-14-12-22(33-24(31)15(14)2)27(5,32)19-7-6-17-16-13-23-28(34-23)21(30)9-8-20(29)26(28,4)18(16)10-11-25(17,19)3/h8-9,16-19,21-23,30,32H,6-7,10-13H2,1-5H3/t16-,17-,18-,19-,21-,22-,23+,25-,26-,27+,28+/m0/s1. The van der Waals surface area contributed by atoms with Gasteiger partial charge in [-0.05, 0) is 101 Å². The van der Waals surface area contributed by atoms with Gasteiger partial charge in [-0.1, -0.05) is 12.5 Å². The monoisotopic (exact) mass is 470 g/mol. The third kappa shape index (κ3) is 2.53. The summed E-state index contributed by atoms with van der Waals surface area (Å²) in [5, 5.41) is 22.7. The molecule has 0 unspecified atom stereocenters. The second-order valence-corrected chi connectivity index (χ2v) is 12.8. The molecule has 2 aliphatic heterocycles. The molecule has 0 bridgehead atoms. The summed E-state index contributed by atoms with van der Waals surface area (Å²) in [7, 11) is 0. The van der Waals surface area contributed by atoms with Crippen molar-refractivity contribution in [2.45, 2.75) is 103 Å². The minimum absolute atomic E-state index is 0.0158. The lowest BCUT2D eigenvalue weighted by Crippen LogP contribution is -2.64. The molecule has 6 rings (SSSR count). The van der Waals surface area contributed by atoms with Crippen LogP contribution in [0, 0.1) is 34.5 Å². The summed E-state index contributed by atoms with van der Waals surface area (Å²) in [5.41, 5.74) is -1.02. The van der Waals surface area contributed by atoms with Crippen LogP contribution in [0.4, 0.5) is 0 Å². The van der Waals surface area contributed by atoms with Crippen LogP contribution >= 0.6 is 0 Å². The summed E-state index contributed by atoms with van der Waals surface area (Å²) in [6.07, 6.45) is 6.96. The van der Waals surface area contributed by atoms with Crippen LogP contribution in [0.3, 0.4) is 0 Å². The first-order valence-corrected chi connectivity index (χ1v) is 13.1. The van der Waals surface area contributed by atoms with Gasteiger partial charge in [0.2, 0.25) is 0 Å². The average Bonchev–Trinajstić information content (AvgIpc) is 3.40. The van der Waals surface area contributed by atoms with Crippen LogP contribution in [0.1, 0.15) is 73.1 Å². The third-order valence-electron chi connectivity index (χ3n) is 11.7. The second-order valence-electron chi connectivity index (χ2n) is 12.8. The van der Waals surface area contributed by atoms with Crippen molar-refractivity contribution in [2.75, 3.05) is 0 Å². The van der Waals surface area contributed by atoms with Crippen LogP contribution in [-0.4, -0.2) is 51.5 Å². The van der Waals surface area contributed by atoms with Crippen molar-refractivity contribution in [3.05, 3.63) is 23.3 Å². The Morgan fingerprint density at radius 2 is 1.85 bits per heavy atom. The van der Waals surface area contributed by atoms with E-state index >= 15 is 0 Å². The largest absolute Gasteiger partial charge is 0.456 e. The number of rotatable bonds is 2. The van der Waals surface area contributed by atoms with Crippen LogP contribution in [0.25, 0.3) is 0 Å². The van der Waals surface area contributed by atoms with Crippen LogP contribution in [-0.2, 0) is 19.1 Å². The van der Waals surface area contributed by atoms with Crippen molar-refractivity contribution in [1.82, 2.24) is 0 Å². The van der Waals surface area contributed by atoms with Crippen molar-refractivity contribution in [1.29, 1.82) is 0 Å². The van der Waals surface area contributed by atoms with E-state index in [0.717, 1.165) is 37.7 Å². The Morgan fingerprint density at radius 1 is 1.12 bits per heavy atom. The molecule has 4 fully saturated rings. The van der Waals surface area contributed by atoms with Gasteiger partial charge in [-0.3, -0.25) is 4.79 Å². The number of hydrogen-bond acceptors (Lipinski definition) is 6. The molecular formula is C28H38O6. The van der Waals surface area contributed by atoms with E-state index in [2.05, 4.69) is 6.92 Å². The summed E-state index contributed by atoms with van der Waals surface area (Å²) in [6, 6.07) is 0. The van der Waals surface area contributed by atoms with Crippen molar-refractivity contribution in [3.8, 4) is 0 Å². The molecule has 6 nitrogen and oxygen atoms in total. The normalized spacial score (nSPS) is 53.3. The van der Waals surface area contributed by atoms with E-state index in [0.29, 0.717) is 23.8 Å². The summed E-state index contributed by atoms with van der Waals surface area (Å²) in [6.45, 7) is 9.96. The van der Waals surface area contributed by atoms with Gasteiger partial charge in [-0.2, -0.15) is 0 Å². The molecule has 2 heterocycles.